The van der Waals surface area contributed by atoms with Gasteiger partial charge in [-0.1, -0.05) is 54.6 Å². The van der Waals surface area contributed by atoms with Gasteiger partial charge in [-0.2, -0.15) is 0 Å². The summed E-state index contributed by atoms with van der Waals surface area (Å²) in [5, 5.41) is 3.38. The van der Waals surface area contributed by atoms with Gasteiger partial charge in [-0.25, -0.2) is 4.39 Å². The standard InChI is InChI=1S/C31H30FN3O/c1-23-6-5-17-33-30(23)21-35-18-15-31(22-36,16-19-35)28-14-11-26(32)20-29(28)34-27-12-9-25(10-13-27)24-7-3-2-4-8-24/h2-14,17,20,22,34H,15-16,18-19,21H2,1H3. The Bertz CT molecular complexity index is 1330. The van der Waals surface area contributed by atoms with E-state index in [2.05, 4.69) is 40.3 Å². The topological polar surface area (TPSA) is 45.2 Å². The number of aldehydes is 1. The molecule has 5 rings (SSSR count). The van der Waals surface area contributed by atoms with Crippen molar-refractivity contribution in [3.8, 4) is 11.1 Å². The molecular weight excluding hydrogens is 449 g/mol. The van der Waals surface area contributed by atoms with Crippen molar-refractivity contribution in [3.05, 3.63) is 114 Å². The summed E-state index contributed by atoms with van der Waals surface area (Å²) in [6, 6.07) is 27.0. The van der Waals surface area contributed by atoms with Crippen molar-refractivity contribution >= 4 is 17.7 Å². The minimum Gasteiger partial charge on any atom is -0.355 e. The number of halogens is 1. The fourth-order valence-electron chi connectivity index (χ4n) is 5.04. The first kappa shape index (κ1) is 23.9. The summed E-state index contributed by atoms with van der Waals surface area (Å²) in [5.74, 6) is -0.328. The number of hydrogen-bond acceptors (Lipinski definition) is 4. The van der Waals surface area contributed by atoms with Crippen molar-refractivity contribution in [2.75, 3.05) is 18.4 Å². The number of nitrogens with one attached hydrogen (secondary N) is 1. The van der Waals surface area contributed by atoms with Crippen molar-refractivity contribution < 1.29 is 9.18 Å². The normalized spacial score (nSPS) is 15.4. The second kappa shape index (κ2) is 10.4. The molecule has 5 heteroatoms. The van der Waals surface area contributed by atoms with Gasteiger partial charge >= 0.3 is 0 Å². The number of nitrogens with zero attached hydrogens (tertiary/aromatic N) is 2. The maximum Gasteiger partial charge on any atom is 0.130 e. The molecule has 0 radical (unpaired) electrons. The highest BCUT2D eigenvalue weighted by Crippen LogP contribution is 2.39. The van der Waals surface area contributed by atoms with E-state index in [1.165, 1.54) is 17.7 Å². The second-order valence-electron chi connectivity index (χ2n) is 9.58. The molecule has 1 aromatic heterocycles. The third kappa shape index (κ3) is 5.07. The summed E-state index contributed by atoms with van der Waals surface area (Å²) in [4.78, 5) is 19.4. The zero-order chi connectivity index (χ0) is 25.0. The van der Waals surface area contributed by atoms with Crippen molar-refractivity contribution in [2.24, 2.45) is 0 Å². The third-order valence-electron chi connectivity index (χ3n) is 7.25. The van der Waals surface area contributed by atoms with Crippen molar-refractivity contribution in [1.29, 1.82) is 0 Å². The van der Waals surface area contributed by atoms with Gasteiger partial charge in [-0.05, 0) is 85.4 Å². The van der Waals surface area contributed by atoms with Gasteiger partial charge in [0.25, 0.3) is 0 Å². The van der Waals surface area contributed by atoms with Crippen molar-refractivity contribution in [3.63, 3.8) is 0 Å². The van der Waals surface area contributed by atoms with E-state index < -0.39 is 5.41 Å². The lowest BCUT2D eigenvalue weighted by Gasteiger charge is -2.39. The molecule has 1 N–H and O–H groups in total. The molecule has 3 aromatic carbocycles. The van der Waals surface area contributed by atoms with Crippen LogP contribution in [0.1, 0.15) is 29.7 Å². The first-order chi connectivity index (χ1) is 17.6. The highest BCUT2D eigenvalue weighted by molar-refractivity contribution is 5.77. The highest BCUT2D eigenvalue weighted by atomic mass is 19.1. The molecule has 36 heavy (non-hydrogen) atoms. The molecule has 0 unspecified atom stereocenters. The van der Waals surface area contributed by atoms with Gasteiger partial charge in [0.05, 0.1) is 11.1 Å². The van der Waals surface area contributed by atoms with E-state index in [0.717, 1.165) is 54.0 Å². The largest absolute Gasteiger partial charge is 0.355 e. The van der Waals surface area contributed by atoms with Crippen LogP contribution in [0, 0.1) is 12.7 Å². The van der Waals surface area contributed by atoms with Crippen LogP contribution in [-0.2, 0) is 16.8 Å². The van der Waals surface area contributed by atoms with Gasteiger partial charge in [0.2, 0.25) is 0 Å². The Morgan fingerprint density at radius 3 is 2.36 bits per heavy atom. The van der Waals surface area contributed by atoms with Gasteiger partial charge in [-0.3, -0.25) is 9.88 Å². The minimum atomic E-state index is -0.657. The zero-order valence-corrected chi connectivity index (χ0v) is 20.5. The summed E-state index contributed by atoms with van der Waals surface area (Å²) in [5.41, 5.74) is 6.18. The lowest BCUT2D eigenvalue weighted by Crippen LogP contribution is -2.43. The molecule has 2 heterocycles. The van der Waals surface area contributed by atoms with Gasteiger partial charge in [0.15, 0.2) is 0 Å². The number of aryl methyl sites for hydroxylation is 1. The highest BCUT2D eigenvalue weighted by Gasteiger charge is 2.38. The van der Waals surface area contributed by atoms with E-state index in [4.69, 9.17) is 0 Å². The monoisotopic (exact) mass is 479 g/mol. The summed E-state index contributed by atoms with van der Waals surface area (Å²) in [6.45, 7) is 4.39. The SMILES string of the molecule is Cc1cccnc1CN1CCC(C=O)(c2ccc(F)cc2Nc2ccc(-c3ccccc3)cc2)CC1. The molecular formula is C31H30FN3O. The quantitative estimate of drug-likeness (QED) is 0.301. The molecule has 1 aliphatic heterocycles. The Kier molecular flexibility index (Phi) is 6.92. The number of piperidine rings is 1. The number of carbonyl (C=O) groups is 1. The third-order valence-corrected chi connectivity index (χ3v) is 7.25. The number of pyridine rings is 1. The Hall–Kier alpha value is -3.83. The maximum atomic E-state index is 14.3. The lowest BCUT2D eigenvalue weighted by atomic mass is 9.73. The average Bonchev–Trinajstić information content (AvgIpc) is 2.92. The number of likely N-dealkylation sites (tertiary alicyclic amines) is 1. The van der Waals surface area contributed by atoms with Crippen LogP contribution in [0.3, 0.4) is 0 Å². The van der Waals surface area contributed by atoms with E-state index in [-0.39, 0.29) is 5.82 Å². The van der Waals surface area contributed by atoms with Crippen LogP contribution in [0.15, 0.2) is 91.1 Å². The number of hydrogen-bond donors (Lipinski definition) is 1. The summed E-state index contributed by atoms with van der Waals surface area (Å²) < 4.78 is 14.3. The molecule has 4 aromatic rings. The molecule has 0 amide bonds. The van der Waals surface area contributed by atoms with E-state index in [1.807, 2.05) is 54.7 Å². The van der Waals surface area contributed by atoms with Crippen molar-refractivity contribution in [2.45, 2.75) is 31.7 Å². The summed E-state index contributed by atoms with van der Waals surface area (Å²) in [7, 11) is 0. The fraction of sp³-hybridized carbons (Fsp3) is 0.226. The van der Waals surface area contributed by atoms with Crippen LogP contribution in [0.5, 0.6) is 0 Å². The number of carbonyl (C=O) groups excluding carboxylic acids is 1. The van der Waals surface area contributed by atoms with Crippen LogP contribution >= 0.6 is 0 Å². The van der Waals surface area contributed by atoms with Crippen LogP contribution in [0.25, 0.3) is 11.1 Å². The Morgan fingerprint density at radius 1 is 0.944 bits per heavy atom. The first-order valence-electron chi connectivity index (χ1n) is 12.4. The molecule has 182 valence electrons. The first-order valence-corrected chi connectivity index (χ1v) is 12.4. The average molecular weight is 480 g/mol. The van der Waals surface area contributed by atoms with Gasteiger partial charge in [0.1, 0.15) is 12.1 Å². The van der Waals surface area contributed by atoms with Crippen LogP contribution < -0.4 is 5.32 Å². The Morgan fingerprint density at radius 2 is 1.67 bits per heavy atom. The molecule has 0 saturated carbocycles. The number of rotatable bonds is 7. The molecule has 0 atom stereocenters. The molecule has 1 saturated heterocycles. The lowest BCUT2D eigenvalue weighted by molar-refractivity contribution is -0.114. The number of benzene rings is 3. The van der Waals surface area contributed by atoms with Crippen LogP contribution in [0.2, 0.25) is 0 Å². The smallest absolute Gasteiger partial charge is 0.130 e. The van der Waals surface area contributed by atoms with Gasteiger partial charge < -0.3 is 10.1 Å². The second-order valence-corrected chi connectivity index (χ2v) is 9.58. The zero-order valence-electron chi connectivity index (χ0n) is 20.5. The van der Waals surface area contributed by atoms with E-state index in [0.29, 0.717) is 18.5 Å². The molecule has 1 aliphatic rings. The molecule has 0 bridgehead atoms. The molecule has 0 spiro atoms. The number of anilines is 2. The van der Waals surface area contributed by atoms with E-state index in [9.17, 15) is 9.18 Å². The van der Waals surface area contributed by atoms with E-state index in [1.54, 1.807) is 6.07 Å². The predicted octanol–water partition coefficient (Wildman–Crippen LogP) is 6.67. The Labute approximate surface area is 211 Å². The maximum absolute atomic E-state index is 14.3. The van der Waals surface area contributed by atoms with Crippen molar-refractivity contribution in [1.82, 2.24) is 9.88 Å². The molecule has 0 aliphatic carbocycles. The van der Waals surface area contributed by atoms with Crippen LogP contribution in [-0.4, -0.2) is 29.3 Å². The molecule has 4 nitrogen and oxygen atoms in total. The van der Waals surface area contributed by atoms with E-state index >= 15 is 0 Å². The van der Waals surface area contributed by atoms with Gasteiger partial charge in [-0.15, -0.1) is 0 Å². The fourth-order valence-corrected chi connectivity index (χ4v) is 5.04. The summed E-state index contributed by atoms with van der Waals surface area (Å²) >= 11 is 0. The molecule has 1 fully saturated rings. The predicted molar refractivity (Wildman–Crippen MR) is 143 cm³/mol. The minimum absolute atomic E-state index is 0.328. The summed E-state index contributed by atoms with van der Waals surface area (Å²) in [6.07, 6.45) is 4.24. The van der Waals surface area contributed by atoms with Crippen LogP contribution in [0.4, 0.5) is 15.8 Å². The number of aromatic nitrogens is 1. The Balaban J connectivity index is 1.35. The van der Waals surface area contributed by atoms with Gasteiger partial charge in [0, 0.05) is 24.1 Å².